The van der Waals surface area contributed by atoms with Gasteiger partial charge < -0.3 is 10.5 Å². The van der Waals surface area contributed by atoms with Gasteiger partial charge in [-0.25, -0.2) is 9.37 Å². The number of nitrogens with zero attached hydrogens (tertiary/aromatic N) is 1. The number of benzene rings is 1. The first-order valence-electron chi connectivity index (χ1n) is 5.40. The van der Waals surface area contributed by atoms with Crippen molar-refractivity contribution in [1.29, 1.82) is 0 Å². The molecule has 0 spiro atoms. The van der Waals surface area contributed by atoms with Crippen LogP contribution in [-0.2, 0) is 6.54 Å². The minimum Gasteiger partial charge on any atom is -0.438 e. The van der Waals surface area contributed by atoms with Crippen LogP contribution in [0.1, 0.15) is 5.56 Å². The molecular weight excluding hydrogens is 251 g/mol. The van der Waals surface area contributed by atoms with E-state index in [0.717, 1.165) is 11.1 Å². The third kappa shape index (κ3) is 2.80. The van der Waals surface area contributed by atoms with Crippen molar-refractivity contribution in [2.45, 2.75) is 11.4 Å². The second-order valence-electron chi connectivity index (χ2n) is 3.57. The fourth-order valence-electron chi connectivity index (χ4n) is 1.51. The molecule has 2 N–H and O–H groups in total. The van der Waals surface area contributed by atoms with E-state index in [4.69, 9.17) is 10.5 Å². The Hall–Kier alpha value is -1.59. The largest absolute Gasteiger partial charge is 0.438 e. The standard InChI is InChI=1S/C13H13FN2OS/c1-18-12-5-3-2-4-11(12)17-13-9(7-15)6-10(14)8-16-13/h2-6,8H,7,15H2,1H3. The first kappa shape index (κ1) is 12.9. The Balaban J connectivity index is 2.33. The highest BCUT2D eigenvalue weighted by atomic mass is 32.2. The van der Waals surface area contributed by atoms with Gasteiger partial charge in [0.2, 0.25) is 5.88 Å². The monoisotopic (exact) mass is 264 g/mol. The molecule has 3 nitrogen and oxygen atoms in total. The van der Waals surface area contributed by atoms with Crippen molar-refractivity contribution < 1.29 is 9.13 Å². The Kier molecular flexibility index (Phi) is 4.17. The maximum absolute atomic E-state index is 13.0. The van der Waals surface area contributed by atoms with Crippen LogP contribution in [0.4, 0.5) is 4.39 Å². The van der Waals surface area contributed by atoms with Gasteiger partial charge in [-0.05, 0) is 24.5 Å². The summed E-state index contributed by atoms with van der Waals surface area (Å²) in [6, 6.07) is 8.94. The van der Waals surface area contributed by atoms with Gasteiger partial charge in [-0.3, -0.25) is 0 Å². The number of ether oxygens (including phenoxy) is 1. The highest BCUT2D eigenvalue weighted by Crippen LogP contribution is 2.31. The van der Waals surface area contributed by atoms with Crippen LogP contribution in [0.25, 0.3) is 0 Å². The van der Waals surface area contributed by atoms with Gasteiger partial charge in [-0.1, -0.05) is 12.1 Å². The Bertz CT molecular complexity index is 548. The van der Waals surface area contributed by atoms with Crippen LogP contribution in [0.2, 0.25) is 0 Å². The molecule has 0 amide bonds. The second kappa shape index (κ2) is 5.84. The lowest BCUT2D eigenvalue weighted by molar-refractivity contribution is 0.442. The van der Waals surface area contributed by atoms with E-state index >= 15 is 0 Å². The van der Waals surface area contributed by atoms with Gasteiger partial charge in [-0.15, -0.1) is 11.8 Å². The zero-order valence-corrected chi connectivity index (χ0v) is 10.7. The van der Waals surface area contributed by atoms with E-state index in [1.54, 1.807) is 11.8 Å². The number of nitrogens with two attached hydrogens (primary N) is 1. The lowest BCUT2D eigenvalue weighted by Crippen LogP contribution is -2.02. The maximum atomic E-state index is 13.0. The predicted molar refractivity (Wildman–Crippen MR) is 70.4 cm³/mol. The van der Waals surface area contributed by atoms with Gasteiger partial charge in [0.15, 0.2) is 0 Å². The first-order chi connectivity index (χ1) is 8.74. The number of pyridine rings is 1. The average Bonchev–Trinajstić information content (AvgIpc) is 2.41. The van der Waals surface area contributed by atoms with Crippen molar-refractivity contribution in [1.82, 2.24) is 4.98 Å². The fourth-order valence-corrected chi connectivity index (χ4v) is 2.04. The van der Waals surface area contributed by atoms with Gasteiger partial charge in [0.05, 0.1) is 6.20 Å². The minimum atomic E-state index is -0.416. The van der Waals surface area contributed by atoms with Crippen LogP contribution < -0.4 is 10.5 Å². The van der Waals surface area contributed by atoms with E-state index in [-0.39, 0.29) is 6.54 Å². The van der Waals surface area contributed by atoms with Crippen LogP contribution in [0, 0.1) is 5.82 Å². The van der Waals surface area contributed by atoms with Crippen molar-refractivity contribution in [3.05, 3.63) is 47.9 Å². The van der Waals surface area contributed by atoms with Crippen molar-refractivity contribution in [3.8, 4) is 11.6 Å². The molecule has 0 saturated heterocycles. The molecular formula is C13H13FN2OS. The summed E-state index contributed by atoms with van der Waals surface area (Å²) >= 11 is 1.57. The molecule has 5 heteroatoms. The normalized spacial score (nSPS) is 10.4. The zero-order chi connectivity index (χ0) is 13.0. The minimum absolute atomic E-state index is 0.182. The van der Waals surface area contributed by atoms with Crippen LogP contribution >= 0.6 is 11.8 Å². The number of para-hydroxylation sites is 1. The Morgan fingerprint density at radius 2 is 2.17 bits per heavy atom. The summed E-state index contributed by atoms with van der Waals surface area (Å²) in [6.07, 6.45) is 3.08. The average molecular weight is 264 g/mol. The van der Waals surface area contributed by atoms with Gasteiger partial charge in [0.25, 0.3) is 0 Å². The molecule has 0 saturated carbocycles. The maximum Gasteiger partial charge on any atom is 0.223 e. The molecule has 0 radical (unpaired) electrons. The van der Waals surface area contributed by atoms with Gasteiger partial charge >= 0.3 is 0 Å². The molecule has 0 aliphatic rings. The van der Waals surface area contributed by atoms with Gasteiger partial charge in [0, 0.05) is 17.0 Å². The first-order valence-corrected chi connectivity index (χ1v) is 6.62. The third-order valence-corrected chi connectivity index (χ3v) is 3.16. The predicted octanol–water partition coefficient (Wildman–Crippen LogP) is 3.19. The lowest BCUT2D eigenvalue weighted by atomic mass is 10.2. The van der Waals surface area contributed by atoms with E-state index in [9.17, 15) is 4.39 Å². The molecule has 18 heavy (non-hydrogen) atoms. The van der Waals surface area contributed by atoms with Crippen LogP contribution in [0.3, 0.4) is 0 Å². The van der Waals surface area contributed by atoms with Crippen molar-refractivity contribution in [3.63, 3.8) is 0 Å². The fraction of sp³-hybridized carbons (Fsp3) is 0.154. The molecule has 1 aromatic heterocycles. The molecule has 94 valence electrons. The zero-order valence-electron chi connectivity index (χ0n) is 9.89. The number of thioether (sulfide) groups is 1. The Morgan fingerprint density at radius 1 is 1.39 bits per heavy atom. The number of rotatable bonds is 4. The number of hydrogen-bond donors (Lipinski definition) is 1. The molecule has 1 aromatic carbocycles. The van der Waals surface area contributed by atoms with Crippen LogP contribution in [0.15, 0.2) is 41.4 Å². The van der Waals surface area contributed by atoms with Gasteiger partial charge in [-0.2, -0.15) is 0 Å². The summed E-state index contributed by atoms with van der Waals surface area (Å²) in [7, 11) is 0. The summed E-state index contributed by atoms with van der Waals surface area (Å²) in [4.78, 5) is 4.93. The van der Waals surface area contributed by atoms with Crippen LogP contribution in [-0.4, -0.2) is 11.2 Å². The molecule has 0 atom stereocenters. The second-order valence-corrected chi connectivity index (χ2v) is 4.42. The number of aromatic nitrogens is 1. The highest BCUT2D eigenvalue weighted by molar-refractivity contribution is 7.98. The molecule has 1 heterocycles. The third-order valence-electron chi connectivity index (χ3n) is 2.39. The van der Waals surface area contributed by atoms with Crippen LogP contribution in [0.5, 0.6) is 11.6 Å². The number of hydrogen-bond acceptors (Lipinski definition) is 4. The van der Waals surface area contributed by atoms with E-state index < -0.39 is 5.82 Å². The highest BCUT2D eigenvalue weighted by Gasteiger charge is 2.09. The quantitative estimate of drug-likeness (QED) is 0.861. The smallest absolute Gasteiger partial charge is 0.223 e. The van der Waals surface area contributed by atoms with Gasteiger partial charge in [0.1, 0.15) is 11.6 Å². The molecule has 0 unspecified atom stereocenters. The Labute approximate surface area is 109 Å². The van der Waals surface area contributed by atoms with E-state index in [0.29, 0.717) is 17.2 Å². The van der Waals surface area contributed by atoms with E-state index in [1.165, 1.54) is 6.07 Å². The summed E-state index contributed by atoms with van der Waals surface area (Å²) in [5.41, 5.74) is 6.10. The van der Waals surface area contributed by atoms with E-state index in [1.807, 2.05) is 30.5 Å². The molecule has 0 fully saturated rings. The van der Waals surface area contributed by atoms with Crippen molar-refractivity contribution >= 4 is 11.8 Å². The summed E-state index contributed by atoms with van der Waals surface area (Å²) in [6.45, 7) is 0.182. The summed E-state index contributed by atoms with van der Waals surface area (Å²) in [5, 5.41) is 0. The van der Waals surface area contributed by atoms with Crippen molar-refractivity contribution in [2.24, 2.45) is 5.73 Å². The van der Waals surface area contributed by atoms with E-state index in [2.05, 4.69) is 4.98 Å². The SMILES string of the molecule is CSc1ccccc1Oc1ncc(F)cc1CN. The molecule has 0 bridgehead atoms. The summed E-state index contributed by atoms with van der Waals surface area (Å²) in [5.74, 6) is 0.625. The Morgan fingerprint density at radius 3 is 2.89 bits per heavy atom. The molecule has 0 aliphatic carbocycles. The summed E-state index contributed by atoms with van der Waals surface area (Å²) < 4.78 is 18.7. The topological polar surface area (TPSA) is 48.1 Å². The molecule has 0 aliphatic heterocycles. The lowest BCUT2D eigenvalue weighted by Gasteiger charge is -2.11. The number of halogens is 1. The molecule has 2 rings (SSSR count). The molecule has 2 aromatic rings. The van der Waals surface area contributed by atoms with Crippen molar-refractivity contribution in [2.75, 3.05) is 6.26 Å².